The third-order valence-corrected chi connectivity index (χ3v) is 10.4. The average Bonchev–Trinajstić information content (AvgIpc) is 2.43. The molecule has 0 amide bonds. The van der Waals surface area contributed by atoms with Gasteiger partial charge in [-0.05, 0) is 6.42 Å². The first-order valence-corrected chi connectivity index (χ1v) is 13.7. The molecule has 0 rings (SSSR count). The minimum Gasteiger partial charge on any atom is -0.149 e. The molecular formula is C16H33BrCl2Si. The minimum atomic E-state index is -1.49. The first kappa shape index (κ1) is 21.3. The Morgan fingerprint density at radius 2 is 1.05 bits per heavy atom. The Hall–Kier alpha value is 1.28. The van der Waals surface area contributed by atoms with Gasteiger partial charge in [0.25, 0.3) is 0 Å². The topological polar surface area (TPSA) is 0 Å². The van der Waals surface area contributed by atoms with E-state index >= 15 is 0 Å². The molecule has 4 heteroatoms. The third-order valence-electron chi connectivity index (χ3n) is 3.86. The predicted molar refractivity (Wildman–Crippen MR) is 102 cm³/mol. The third kappa shape index (κ3) is 15.7. The smallest absolute Gasteiger partial charge is 0.149 e. The van der Waals surface area contributed by atoms with Crippen LogP contribution in [0.2, 0.25) is 0 Å². The van der Waals surface area contributed by atoms with Gasteiger partial charge in [-0.3, -0.25) is 0 Å². The van der Waals surface area contributed by atoms with Crippen LogP contribution in [-0.4, -0.2) is 11.9 Å². The van der Waals surface area contributed by atoms with E-state index in [0.717, 1.165) is 6.42 Å². The van der Waals surface area contributed by atoms with Crippen LogP contribution in [0.3, 0.4) is 0 Å². The lowest BCUT2D eigenvalue weighted by Crippen LogP contribution is -2.12. The van der Waals surface area contributed by atoms with Crippen molar-refractivity contribution in [2.24, 2.45) is 0 Å². The number of halogens is 3. The molecule has 0 radical (unpaired) electrons. The fourth-order valence-electron chi connectivity index (χ4n) is 2.48. The zero-order valence-electron chi connectivity index (χ0n) is 13.2. The first-order valence-electron chi connectivity index (χ1n) is 8.60. The van der Waals surface area contributed by atoms with Crippen LogP contribution in [0.1, 0.15) is 96.8 Å². The summed E-state index contributed by atoms with van der Waals surface area (Å²) in [5, 5.41) is 0. The molecular weight excluding hydrogens is 371 g/mol. The van der Waals surface area contributed by atoms with Gasteiger partial charge in [-0.2, -0.15) is 0 Å². The summed E-state index contributed by atoms with van der Waals surface area (Å²) < 4.78 is 0.401. The molecule has 0 aliphatic rings. The molecule has 20 heavy (non-hydrogen) atoms. The van der Waals surface area contributed by atoms with E-state index in [9.17, 15) is 0 Å². The van der Waals surface area contributed by atoms with Crippen molar-refractivity contribution in [2.75, 3.05) is 0 Å². The van der Waals surface area contributed by atoms with Crippen molar-refractivity contribution < 1.29 is 0 Å². The molecule has 0 saturated carbocycles. The van der Waals surface area contributed by atoms with Crippen LogP contribution >= 0.6 is 38.1 Å². The summed E-state index contributed by atoms with van der Waals surface area (Å²) >= 11 is 15.4. The van der Waals surface area contributed by atoms with Crippen LogP contribution in [-0.2, 0) is 0 Å². The predicted octanol–water partition coefficient (Wildman–Crippen LogP) is 7.47. The molecule has 0 N–H and O–H groups in total. The van der Waals surface area contributed by atoms with E-state index in [0.29, 0.717) is 4.45 Å². The Morgan fingerprint density at radius 1 is 0.700 bits per heavy atom. The second-order valence-corrected chi connectivity index (χ2v) is 13.0. The van der Waals surface area contributed by atoms with Crippen molar-refractivity contribution >= 4 is 45.5 Å². The zero-order chi connectivity index (χ0) is 15.1. The maximum absolute atomic E-state index is 5.94. The van der Waals surface area contributed by atoms with Gasteiger partial charge in [0, 0.05) is 4.45 Å². The van der Waals surface area contributed by atoms with Crippen LogP contribution in [0, 0.1) is 0 Å². The highest BCUT2D eigenvalue weighted by Crippen LogP contribution is 2.19. The van der Waals surface area contributed by atoms with E-state index < -0.39 is 7.42 Å². The summed E-state index contributed by atoms with van der Waals surface area (Å²) in [5.41, 5.74) is 0. The van der Waals surface area contributed by atoms with Crippen LogP contribution in [0.5, 0.6) is 0 Å². The summed E-state index contributed by atoms with van der Waals surface area (Å²) in [6, 6.07) is 0. The lowest BCUT2D eigenvalue weighted by molar-refractivity contribution is 0.538. The quantitative estimate of drug-likeness (QED) is 0.115. The van der Waals surface area contributed by atoms with E-state index in [2.05, 4.69) is 22.9 Å². The summed E-state index contributed by atoms with van der Waals surface area (Å²) in [4.78, 5) is 0. The molecule has 0 aliphatic carbocycles. The highest BCUT2D eigenvalue weighted by atomic mass is 79.9. The van der Waals surface area contributed by atoms with Crippen molar-refractivity contribution in [1.82, 2.24) is 0 Å². The summed E-state index contributed by atoms with van der Waals surface area (Å²) in [7, 11) is -1.49. The maximum atomic E-state index is 5.94. The Kier molecular flexibility index (Phi) is 17.7. The molecule has 0 aromatic rings. The fourth-order valence-corrected chi connectivity index (χ4v) is 4.05. The van der Waals surface area contributed by atoms with E-state index in [4.69, 9.17) is 22.2 Å². The average molecular weight is 404 g/mol. The molecule has 0 aromatic carbocycles. The van der Waals surface area contributed by atoms with Crippen molar-refractivity contribution in [3.05, 3.63) is 0 Å². The Balaban J connectivity index is 3.03. The van der Waals surface area contributed by atoms with Crippen LogP contribution in [0.4, 0.5) is 0 Å². The van der Waals surface area contributed by atoms with Crippen molar-refractivity contribution in [2.45, 2.75) is 101 Å². The van der Waals surface area contributed by atoms with Gasteiger partial charge >= 0.3 is 0 Å². The molecule has 0 unspecified atom stereocenters. The molecule has 0 aliphatic heterocycles. The van der Waals surface area contributed by atoms with Gasteiger partial charge in [0.1, 0.15) is 0 Å². The summed E-state index contributed by atoms with van der Waals surface area (Å²) in [6.07, 6.45) is 19.4. The molecule has 0 aromatic heterocycles. The van der Waals surface area contributed by atoms with Gasteiger partial charge in [-0.15, -0.1) is 22.2 Å². The first-order chi connectivity index (χ1) is 9.68. The Labute approximate surface area is 146 Å². The molecule has 122 valence electrons. The molecule has 1 atom stereocenters. The number of hydrogen-bond donors (Lipinski definition) is 0. The lowest BCUT2D eigenvalue weighted by Gasteiger charge is -2.08. The van der Waals surface area contributed by atoms with Gasteiger partial charge < -0.3 is 0 Å². The number of alkyl halides is 1. The molecule has 0 heterocycles. The second kappa shape index (κ2) is 16.6. The highest BCUT2D eigenvalue weighted by Gasteiger charge is 2.14. The lowest BCUT2D eigenvalue weighted by atomic mass is 10.0. The number of unbranched alkanes of at least 4 members (excludes halogenated alkanes) is 12. The van der Waals surface area contributed by atoms with Crippen molar-refractivity contribution in [3.8, 4) is 0 Å². The summed E-state index contributed by atoms with van der Waals surface area (Å²) in [6.45, 7) is 2.28. The number of hydrogen-bond acceptors (Lipinski definition) is 0. The van der Waals surface area contributed by atoms with Gasteiger partial charge in [0.05, 0.1) is 0 Å². The van der Waals surface area contributed by atoms with Crippen molar-refractivity contribution in [1.29, 1.82) is 0 Å². The molecule has 0 spiro atoms. The monoisotopic (exact) mass is 402 g/mol. The number of rotatable bonds is 15. The largest absolute Gasteiger partial charge is 0.250 e. The fraction of sp³-hybridized carbons (Fsp3) is 1.00. The highest BCUT2D eigenvalue weighted by molar-refractivity contribution is 9.10. The van der Waals surface area contributed by atoms with Crippen molar-refractivity contribution in [3.63, 3.8) is 0 Å². The molecule has 0 saturated heterocycles. The Bertz CT molecular complexity index is 191. The van der Waals surface area contributed by atoms with Gasteiger partial charge in [0.2, 0.25) is 7.42 Å². The Morgan fingerprint density at radius 3 is 1.40 bits per heavy atom. The molecule has 0 fully saturated rings. The maximum Gasteiger partial charge on any atom is 0.250 e. The minimum absolute atomic E-state index is 0.401. The van der Waals surface area contributed by atoms with Crippen LogP contribution < -0.4 is 0 Å². The van der Waals surface area contributed by atoms with Gasteiger partial charge in [-0.1, -0.05) is 106 Å². The van der Waals surface area contributed by atoms with Gasteiger partial charge in [-0.25, -0.2) is 0 Å². The van der Waals surface area contributed by atoms with E-state index in [1.165, 1.54) is 83.5 Å². The molecule has 0 bridgehead atoms. The zero-order valence-corrected chi connectivity index (χ0v) is 17.4. The normalized spacial score (nSPS) is 13.1. The second-order valence-electron chi connectivity index (χ2n) is 5.88. The van der Waals surface area contributed by atoms with Gasteiger partial charge in [0.15, 0.2) is 0 Å². The molecule has 0 nitrogen and oxygen atoms in total. The summed E-state index contributed by atoms with van der Waals surface area (Å²) in [5.74, 6) is 0. The SMILES string of the molecule is CCCCCCCCCCCCCCC[C@H](Br)[SiH](Cl)Cl. The van der Waals surface area contributed by atoms with E-state index in [-0.39, 0.29) is 0 Å². The van der Waals surface area contributed by atoms with Crippen LogP contribution in [0.15, 0.2) is 0 Å². The van der Waals surface area contributed by atoms with Crippen LogP contribution in [0.25, 0.3) is 0 Å². The van der Waals surface area contributed by atoms with E-state index in [1.54, 1.807) is 0 Å². The van der Waals surface area contributed by atoms with E-state index in [1.807, 2.05) is 0 Å². The standard InChI is InChI=1S/C16H33BrCl2Si/c1-2-3-4-5-6-7-8-9-10-11-12-13-14-15-16(17)20(18)19/h16,20H,2-15H2,1H3/t16-/m1/s1.